The van der Waals surface area contributed by atoms with Crippen molar-refractivity contribution in [1.29, 1.82) is 0 Å². The van der Waals surface area contributed by atoms with Gasteiger partial charge in [0, 0.05) is 6.20 Å². The van der Waals surface area contributed by atoms with Gasteiger partial charge < -0.3 is 10.5 Å². The van der Waals surface area contributed by atoms with E-state index >= 15 is 0 Å². The number of rotatable bonds is 3. The summed E-state index contributed by atoms with van der Waals surface area (Å²) in [5.41, 5.74) is 8.41. The molecular weight excluding hydrogens is 200 g/mol. The molecule has 0 saturated carbocycles. The molecule has 0 spiro atoms. The molecule has 1 aromatic carbocycles. The molecule has 1 aromatic heterocycles. The van der Waals surface area contributed by atoms with Crippen molar-refractivity contribution in [2.75, 3.05) is 5.73 Å². The van der Waals surface area contributed by atoms with E-state index in [9.17, 15) is 0 Å². The van der Waals surface area contributed by atoms with Gasteiger partial charge in [0.1, 0.15) is 18.1 Å². The van der Waals surface area contributed by atoms with E-state index in [2.05, 4.69) is 4.98 Å². The Balaban J connectivity index is 2.02. The van der Waals surface area contributed by atoms with Crippen LogP contribution in [0.1, 0.15) is 11.3 Å². The Labute approximate surface area is 94.9 Å². The van der Waals surface area contributed by atoms with Crippen LogP contribution >= 0.6 is 0 Å². The van der Waals surface area contributed by atoms with Gasteiger partial charge in [-0.25, -0.2) is 0 Å². The van der Waals surface area contributed by atoms with Gasteiger partial charge in [-0.15, -0.1) is 0 Å². The smallest absolute Gasteiger partial charge is 0.132 e. The van der Waals surface area contributed by atoms with Crippen molar-refractivity contribution < 1.29 is 4.74 Å². The van der Waals surface area contributed by atoms with Gasteiger partial charge in [0.15, 0.2) is 0 Å². The van der Waals surface area contributed by atoms with Gasteiger partial charge in [-0.05, 0) is 31.2 Å². The van der Waals surface area contributed by atoms with Crippen molar-refractivity contribution in [3.63, 3.8) is 0 Å². The molecule has 3 heteroatoms. The van der Waals surface area contributed by atoms with Crippen LogP contribution in [0, 0.1) is 6.92 Å². The summed E-state index contributed by atoms with van der Waals surface area (Å²) < 4.78 is 5.59. The van der Waals surface area contributed by atoms with E-state index < -0.39 is 0 Å². The van der Waals surface area contributed by atoms with Crippen molar-refractivity contribution in [3.8, 4) is 5.75 Å². The molecule has 0 aliphatic heterocycles. The number of nitrogen functional groups attached to an aromatic ring is 1. The highest BCUT2D eigenvalue weighted by Crippen LogP contribution is 2.15. The summed E-state index contributed by atoms with van der Waals surface area (Å²) in [6.45, 7) is 2.44. The molecule has 0 atom stereocenters. The topological polar surface area (TPSA) is 48.1 Å². The predicted octanol–water partition coefficient (Wildman–Crippen LogP) is 2.55. The monoisotopic (exact) mass is 214 g/mol. The zero-order chi connectivity index (χ0) is 11.4. The SMILES string of the molecule is Cc1ccc(OCc2ncccc2N)cc1. The highest BCUT2D eigenvalue weighted by molar-refractivity contribution is 5.41. The van der Waals surface area contributed by atoms with Crippen LogP contribution in [0.4, 0.5) is 5.69 Å². The van der Waals surface area contributed by atoms with Crippen LogP contribution in [-0.2, 0) is 6.61 Å². The number of ether oxygens (including phenoxy) is 1. The Hall–Kier alpha value is -2.03. The molecule has 0 fully saturated rings. The molecule has 3 nitrogen and oxygen atoms in total. The van der Waals surface area contributed by atoms with Gasteiger partial charge in [0.2, 0.25) is 0 Å². The van der Waals surface area contributed by atoms with E-state index in [0.29, 0.717) is 12.3 Å². The van der Waals surface area contributed by atoms with Gasteiger partial charge in [-0.3, -0.25) is 4.98 Å². The van der Waals surface area contributed by atoms with Crippen LogP contribution < -0.4 is 10.5 Å². The minimum atomic E-state index is 0.399. The molecule has 2 aromatic rings. The third kappa shape index (κ3) is 2.51. The van der Waals surface area contributed by atoms with E-state index in [1.165, 1.54) is 5.56 Å². The number of aromatic nitrogens is 1. The third-order valence-corrected chi connectivity index (χ3v) is 2.32. The largest absolute Gasteiger partial charge is 0.487 e. The van der Waals surface area contributed by atoms with Gasteiger partial charge in [-0.2, -0.15) is 0 Å². The zero-order valence-electron chi connectivity index (χ0n) is 9.18. The summed E-state index contributed by atoms with van der Waals surface area (Å²) in [5, 5.41) is 0. The van der Waals surface area contributed by atoms with E-state index in [-0.39, 0.29) is 0 Å². The zero-order valence-corrected chi connectivity index (χ0v) is 9.18. The van der Waals surface area contributed by atoms with Gasteiger partial charge >= 0.3 is 0 Å². The summed E-state index contributed by atoms with van der Waals surface area (Å²) in [4.78, 5) is 4.16. The number of hydrogen-bond acceptors (Lipinski definition) is 3. The molecule has 0 bridgehead atoms. The fourth-order valence-electron chi connectivity index (χ4n) is 1.36. The number of anilines is 1. The molecule has 0 saturated heterocycles. The molecular formula is C13H14N2O. The number of hydrogen-bond donors (Lipinski definition) is 1. The molecule has 2 rings (SSSR count). The summed E-state index contributed by atoms with van der Waals surface area (Å²) in [7, 11) is 0. The Bertz CT molecular complexity index is 466. The first-order chi connectivity index (χ1) is 7.75. The van der Waals surface area contributed by atoms with Crippen molar-refractivity contribution >= 4 is 5.69 Å². The summed E-state index contributed by atoms with van der Waals surface area (Å²) in [6, 6.07) is 11.5. The first-order valence-electron chi connectivity index (χ1n) is 5.14. The average Bonchev–Trinajstić information content (AvgIpc) is 2.30. The molecule has 0 aliphatic carbocycles. The second-order valence-electron chi connectivity index (χ2n) is 3.64. The molecule has 1 heterocycles. The van der Waals surface area contributed by atoms with Crippen LogP contribution in [0.5, 0.6) is 5.75 Å². The summed E-state index contributed by atoms with van der Waals surface area (Å²) in [6.07, 6.45) is 1.71. The Morgan fingerprint density at radius 3 is 2.62 bits per heavy atom. The second-order valence-corrected chi connectivity index (χ2v) is 3.64. The summed E-state index contributed by atoms with van der Waals surface area (Å²) in [5.74, 6) is 0.829. The first kappa shape index (κ1) is 10.5. The van der Waals surface area contributed by atoms with Gasteiger partial charge in [-0.1, -0.05) is 17.7 Å². The standard InChI is InChI=1S/C13H14N2O/c1-10-4-6-11(7-5-10)16-9-13-12(14)3-2-8-15-13/h2-8H,9,14H2,1H3. The Morgan fingerprint density at radius 1 is 1.19 bits per heavy atom. The van der Waals surface area contributed by atoms with E-state index in [0.717, 1.165) is 11.4 Å². The lowest BCUT2D eigenvalue weighted by Crippen LogP contribution is -2.02. The maximum atomic E-state index is 5.77. The quantitative estimate of drug-likeness (QED) is 0.854. The molecule has 0 amide bonds. The fourth-order valence-corrected chi connectivity index (χ4v) is 1.36. The van der Waals surface area contributed by atoms with E-state index in [1.807, 2.05) is 43.3 Å². The van der Waals surface area contributed by atoms with Crippen molar-refractivity contribution in [1.82, 2.24) is 4.98 Å². The Morgan fingerprint density at radius 2 is 1.94 bits per heavy atom. The maximum absolute atomic E-state index is 5.77. The second kappa shape index (κ2) is 4.66. The molecule has 2 N–H and O–H groups in total. The van der Waals surface area contributed by atoms with Crippen LogP contribution in [-0.4, -0.2) is 4.98 Å². The predicted molar refractivity (Wildman–Crippen MR) is 64.2 cm³/mol. The van der Waals surface area contributed by atoms with Crippen molar-refractivity contribution in [2.24, 2.45) is 0 Å². The van der Waals surface area contributed by atoms with Crippen LogP contribution in [0.15, 0.2) is 42.6 Å². The number of nitrogens with zero attached hydrogens (tertiary/aromatic N) is 1. The highest BCUT2D eigenvalue weighted by atomic mass is 16.5. The molecule has 0 aliphatic rings. The fraction of sp³-hybridized carbons (Fsp3) is 0.154. The normalized spacial score (nSPS) is 10.1. The van der Waals surface area contributed by atoms with Crippen LogP contribution in [0.2, 0.25) is 0 Å². The minimum Gasteiger partial charge on any atom is -0.487 e. The first-order valence-corrected chi connectivity index (χ1v) is 5.14. The molecule has 0 radical (unpaired) electrons. The van der Waals surface area contributed by atoms with Gasteiger partial charge in [0.05, 0.1) is 5.69 Å². The van der Waals surface area contributed by atoms with Crippen LogP contribution in [0.25, 0.3) is 0 Å². The lowest BCUT2D eigenvalue weighted by molar-refractivity contribution is 0.302. The Kier molecular flexibility index (Phi) is 3.05. The number of aryl methyl sites for hydroxylation is 1. The average molecular weight is 214 g/mol. The lowest BCUT2D eigenvalue weighted by atomic mass is 10.2. The van der Waals surface area contributed by atoms with Crippen molar-refractivity contribution in [2.45, 2.75) is 13.5 Å². The molecule has 82 valence electrons. The molecule has 0 unspecified atom stereocenters. The van der Waals surface area contributed by atoms with Crippen molar-refractivity contribution in [3.05, 3.63) is 53.9 Å². The number of benzene rings is 1. The minimum absolute atomic E-state index is 0.399. The van der Waals surface area contributed by atoms with Gasteiger partial charge in [0.25, 0.3) is 0 Å². The van der Waals surface area contributed by atoms with Crippen LogP contribution in [0.3, 0.4) is 0 Å². The molecule has 16 heavy (non-hydrogen) atoms. The van der Waals surface area contributed by atoms with E-state index in [4.69, 9.17) is 10.5 Å². The highest BCUT2D eigenvalue weighted by Gasteiger charge is 2.00. The third-order valence-electron chi connectivity index (χ3n) is 2.32. The summed E-state index contributed by atoms with van der Waals surface area (Å²) >= 11 is 0. The lowest BCUT2D eigenvalue weighted by Gasteiger charge is -2.07. The maximum Gasteiger partial charge on any atom is 0.132 e. The van der Waals surface area contributed by atoms with E-state index in [1.54, 1.807) is 6.20 Å². The number of nitrogens with two attached hydrogens (primary N) is 1. The number of pyridine rings is 1.